The Balaban J connectivity index is 2.99. The largest absolute Gasteiger partial charge is 0.383 e. The van der Waals surface area contributed by atoms with E-state index in [1.165, 1.54) is 0 Å². The van der Waals surface area contributed by atoms with Gasteiger partial charge in [-0.1, -0.05) is 6.92 Å². The van der Waals surface area contributed by atoms with Crippen molar-refractivity contribution in [1.82, 2.24) is 9.97 Å². The van der Waals surface area contributed by atoms with Crippen LogP contribution >= 0.6 is 0 Å². The second-order valence-corrected chi connectivity index (χ2v) is 4.16. The van der Waals surface area contributed by atoms with Crippen LogP contribution in [0.1, 0.15) is 20.3 Å². The van der Waals surface area contributed by atoms with E-state index in [0.717, 1.165) is 24.6 Å². The second-order valence-electron chi connectivity index (χ2n) is 4.16. The highest BCUT2D eigenvalue weighted by atomic mass is 16.5. The molecule has 1 rings (SSSR count). The number of hydrogen-bond acceptors (Lipinski definition) is 6. The molecule has 0 aliphatic carbocycles. The Kier molecular flexibility index (Phi) is 5.64. The van der Waals surface area contributed by atoms with E-state index in [-0.39, 0.29) is 5.95 Å². The first-order valence-electron chi connectivity index (χ1n) is 6.20. The van der Waals surface area contributed by atoms with Gasteiger partial charge in [0.1, 0.15) is 11.6 Å². The van der Waals surface area contributed by atoms with Crippen LogP contribution < -0.4 is 16.0 Å². The Morgan fingerprint density at radius 3 is 2.78 bits per heavy atom. The summed E-state index contributed by atoms with van der Waals surface area (Å²) in [6.07, 6.45) is 1.03. The Labute approximate surface area is 109 Å². The summed E-state index contributed by atoms with van der Waals surface area (Å²) < 4.78 is 5.14. The van der Waals surface area contributed by atoms with Gasteiger partial charge < -0.3 is 20.7 Å². The molecule has 0 amide bonds. The van der Waals surface area contributed by atoms with Gasteiger partial charge in [0.15, 0.2) is 0 Å². The minimum atomic E-state index is 0.280. The van der Waals surface area contributed by atoms with Crippen molar-refractivity contribution < 1.29 is 4.74 Å². The summed E-state index contributed by atoms with van der Waals surface area (Å²) in [6.45, 7) is 5.75. The summed E-state index contributed by atoms with van der Waals surface area (Å²) in [5.41, 5.74) is 5.72. The van der Waals surface area contributed by atoms with Crippen molar-refractivity contribution in [2.45, 2.75) is 26.3 Å². The molecule has 0 aromatic carbocycles. The summed E-state index contributed by atoms with van der Waals surface area (Å²) in [6, 6.07) is 2.28. The van der Waals surface area contributed by atoms with Crippen molar-refractivity contribution in [2.24, 2.45) is 0 Å². The van der Waals surface area contributed by atoms with Gasteiger partial charge in [-0.15, -0.1) is 0 Å². The number of nitrogens with zero attached hydrogens (tertiary/aromatic N) is 3. The van der Waals surface area contributed by atoms with E-state index in [0.29, 0.717) is 12.6 Å². The third kappa shape index (κ3) is 3.73. The average Bonchev–Trinajstić information content (AvgIpc) is 2.38. The van der Waals surface area contributed by atoms with E-state index in [1.54, 1.807) is 7.11 Å². The lowest BCUT2D eigenvalue weighted by Gasteiger charge is -2.29. The minimum absolute atomic E-state index is 0.280. The SMILES string of the molecule is CCC(C)N(CCOC)c1cc(NC)nc(N)n1. The van der Waals surface area contributed by atoms with Gasteiger partial charge in [-0.25, -0.2) is 0 Å². The Morgan fingerprint density at radius 1 is 1.50 bits per heavy atom. The summed E-state index contributed by atoms with van der Waals surface area (Å²) >= 11 is 0. The summed E-state index contributed by atoms with van der Waals surface area (Å²) in [5, 5.41) is 2.99. The molecule has 3 N–H and O–H groups in total. The summed E-state index contributed by atoms with van der Waals surface area (Å²) in [7, 11) is 3.51. The van der Waals surface area contributed by atoms with E-state index in [9.17, 15) is 0 Å². The highest BCUT2D eigenvalue weighted by molar-refractivity contribution is 5.52. The molecule has 0 radical (unpaired) electrons. The van der Waals surface area contributed by atoms with Crippen LogP contribution in [0, 0.1) is 0 Å². The van der Waals surface area contributed by atoms with Crippen molar-refractivity contribution >= 4 is 17.6 Å². The number of nitrogen functional groups attached to an aromatic ring is 1. The van der Waals surface area contributed by atoms with Crippen molar-refractivity contribution in [3.05, 3.63) is 6.07 Å². The third-order valence-electron chi connectivity index (χ3n) is 2.94. The lowest BCUT2D eigenvalue weighted by molar-refractivity contribution is 0.203. The summed E-state index contributed by atoms with van der Waals surface area (Å²) in [5.74, 6) is 1.84. The zero-order chi connectivity index (χ0) is 13.5. The zero-order valence-corrected chi connectivity index (χ0v) is 11.6. The molecular weight excluding hydrogens is 230 g/mol. The maximum atomic E-state index is 5.72. The first kappa shape index (κ1) is 14.5. The van der Waals surface area contributed by atoms with Crippen LogP contribution in [0.2, 0.25) is 0 Å². The number of nitrogens with two attached hydrogens (primary N) is 1. The summed E-state index contributed by atoms with van der Waals surface area (Å²) in [4.78, 5) is 10.6. The number of rotatable bonds is 7. The monoisotopic (exact) mass is 253 g/mol. The molecule has 0 aliphatic heterocycles. The molecule has 18 heavy (non-hydrogen) atoms. The molecule has 102 valence electrons. The van der Waals surface area contributed by atoms with Gasteiger partial charge in [0.2, 0.25) is 5.95 Å². The predicted octanol–water partition coefficient (Wildman–Crippen LogP) is 1.35. The van der Waals surface area contributed by atoms with Gasteiger partial charge in [-0.2, -0.15) is 9.97 Å². The van der Waals surface area contributed by atoms with Crippen molar-refractivity contribution in [2.75, 3.05) is 43.3 Å². The normalized spacial score (nSPS) is 12.2. The second kappa shape index (κ2) is 7.00. The molecule has 0 spiro atoms. The lowest BCUT2D eigenvalue weighted by Crippen LogP contribution is -2.36. The van der Waals surface area contributed by atoms with E-state index < -0.39 is 0 Å². The van der Waals surface area contributed by atoms with Gasteiger partial charge in [0.25, 0.3) is 0 Å². The molecule has 1 aromatic rings. The predicted molar refractivity (Wildman–Crippen MR) is 75.0 cm³/mol. The van der Waals surface area contributed by atoms with Gasteiger partial charge in [0, 0.05) is 32.8 Å². The Bertz CT molecular complexity index is 371. The van der Waals surface area contributed by atoms with Crippen LogP contribution in [0.4, 0.5) is 17.6 Å². The highest BCUT2D eigenvalue weighted by Crippen LogP contribution is 2.19. The molecule has 6 nitrogen and oxygen atoms in total. The fourth-order valence-corrected chi connectivity index (χ4v) is 1.70. The Morgan fingerprint density at radius 2 is 2.22 bits per heavy atom. The lowest BCUT2D eigenvalue weighted by atomic mass is 10.2. The smallest absolute Gasteiger partial charge is 0.223 e. The molecule has 1 unspecified atom stereocenters. The van der Waals surface area contributed by atoms with Crippen LogP contribution in [-0.2, 0) is 4.74 Å². The number of hydrogen-bond donors (Lipinski definition) is 2. The Hall–Kier alpha value is -1.56. The van der Waals surface area contributed by atoms with Crippen LogP contribution in [0.5, 0.6) is 0 Å². The molecule has 1 atom stereocenters. The van der Waals surface area contributed by atoms with Gasteiger partial charge in [-0.3, -0.25) is 0 Å². The molecule has 0 fully saturated rings. The first-order chi connectivity index (χ1) is 8.62. The standard InChI is InChI=1S/C12H23N5O/c1-5-9(2)17(6-7-18-4)11-8-10(14-3)15-12(13)16-11/h8-9H,5-7H2,1-4H3,(H3,13,14,15,16). The first-order valence-corrected chi connectivity index (χ1v) is 6.20. The maximum absolute atomic E-state index is 5.72. The maximum Gasteiger partial charge on any atom is 0.223 e. The van der Waals surface area contributed by atoms with E-state index in [2.05, 4.69) is 34.0 Å². The van der Waals surface area contributed by atoms with Gasteiger partial charge in [-0.05, 0) is 13.3 Å². The van der Waals surface area contributed by atoms with Gasteiger partial charge in [0.05, 0.1) is 6.61 Å². The number of aromatic nitrogens is 2. The molecule has 1 aromatic heterocycles. The highest BCUT2D eigenvalue weighted by Gasteiger charge is 2.15. The van der Waals surface area contributed by atoms with Crippen LogP contribution in [0.15, 0.2) is 6.07 Å². The number of methoxy groups -OCH3 is 1. The molecule has 6 heteroatoms. The van der Waals surface area contributed by atoms with Gasteiger partial charge >= 0.3 is 0 Å². The number of anilines is 3. The van der Waals surface area contributed by atoms with Crippen molar-refractivity contribution in [3.8, 4) is 0 Å². The van der Waals surface area contributed by atoms with E-state index in [4.69, 9.17) is 10.5 Å². The minimum Gasteiger partial charge on any atom is -0.383 e. The van der Waals surface area contributed by atoms with Crippen molar-refractivity contribution in [1.29, 1.82) is 0 Å². The van der Waals surface area contributed by atoms with Crippen molar-refractivity contribution in [3.63, 3.8) is 0 Å². The zero-order valence-electron chi connectivity index (χ0n) is 11.6. The van der Waals surface area contributed by atoms with Crippen LogP contribution in [-0.4, -0.2) is 43.3 Å². The third-order valence-corrected chi connectivity index (χ3v) is 2.94. The van der Waals surface area contributed by atoms with Crippen LogP contribution in [0.3, 0.4) is 0 Å². The fraction of sp³-hybridized carbons (Fsp3) is 0.667. The quantitative estimate of drug-likeness (QED) is 0.764. The molecule has 0 saturated carbocycles. The number of nitrogens with one attached hydrogen (secondary N) is 1. The molecule has 0 bridgehead atoms. The van der Waals surface area contributed by atoms with E-state index in [1.807, 2.05) is 13.1 Å². The molecule has 0 aliphatic rings. The topological polar surface area (TPSA) is 76.3 Å². The number of ether oxygens (including phenoxy) is 1. The fourth-order valence-electron chi connectivity index (χ4n) is 1.70. The van der Waals surface area contributed by atoms with Crippen LogP contribution in [0.25, 0.3) is 0 Å². The average molecular weight is 253 g/mol. The molecular formula is C12H23N5O. The van der Waals surface area contributed by atoms with E-state index >= 15 is 0 Å². The molecule has 1 heterocycles. The molecule has 0 saturated heterocycles.